The van der Waals surface area contributed by atoms with Gasteiger partial charge >= 0.3 is 0 Å². The fourth-order valence-corrected chi connectivity index (χ4v) is 2.93. The molecule has 1 atom stereocenters. The van der Waals surface area contributed by atoms with Gasteiger partial charge in [-0.3, -0.25) is 0 Å². The molecule has 104 valence electrons. The predicted octanol–water partition coefficient (Wildman–Crippen LogP) is 3.09. The van der Waals surface area contributed by atoms with Crippen molar-refractivity contribution in [1.29, 1.82) is 0 Å². The molecule has 0 fully saturated rings. The standard InChI is InChI=1S/C14H32N2S/c1-7-14(8-2,11-15-4)12-16(5)13(3)9-10-17-6/h13,15H,7-12H2,1-6H3. The van der Waals surface area contributed by atoms with Crippen LogP contribution in [0.25, 0.3) is 0 Å². The minimum Gasteiger partial charge on any atom is -0.319 e. The number of hydrogen-bond acceptors (Lipinski definition) is 3. The fraction of sp³-hybridized carbons (Fsp3) is 1.00. The SMILES string of the molecule is CCC(CC)(CNC)CN(C)C(C)CCSC. The van der Waals surface area contributed by atoms with Crippen LogP contribution in [0.2, 0.25) is 0 Å². The predicted molar refractivity (Wildman–Crippen MR) is 82.0 cm³/mol. The van der Waals surface area contributed by atoms with Gasteiger partial charge in [0.2, 0.25) is 0 Å². The monoisotopic (exact) mass is 260 g/mol. The summed E-state index contributed by atoms with van der Waals surface area (Å²) in [6, 6.07) is 0.691. The van der Waals surface area contributed by atoms with Crippen molar-refractivity contribution in [2.45, 2.75) is 46.1 Å². The Hall–Kier alpha value is 0.270. The smallest absolute Gasteiger partial charge is 0.00719 e. The van der Waals surface area contributed by atoms with E-state index < -0.39 is 0 Å². The first-order valence-electron chi connectivity index (χ1n) is 6.89. The number of thioether (sulfide) groups is 1. The lowest BCUT2D eigenvalue weighted by Crippen LogP contribution is -2.44. The van der Waals surface area contributed by atoms with Crippen molar-refractivity contribution >= 4 is 11.8 Å². The topological polar surface area (TPSA) is 15.3 Å². The third kappa shape index (κ3) is 6.12. The van der Waals surface area contributed by atoms with Gasteiger partial charge in [0, 0.05) is 19.1 Å². The molecule has 0 saturated heterocycles. The number of nitrogens with one attached hydrogen (secondary N) is 1. The van der Waals surface area contributed by atoms with Gasteiger partial charge in [0.05, 0.1) is 0 Å². The molecule has 0 heterocycles. The maximum Gasteiger partial charge on any atom is 0.00719 e. The van der Waals surface area contributed by atoms with Gasteiger partial charge in [0.1, 0.15) is 0 Å². The third-order valence-corrected chi connectivity index (χ3v) is 4.77. The summed E-state index contributed by atoms with van der Waals surface area (Å²) in [6.45, 7) is 9.32. The average Bonchev–Trinajstić information content (AvgIpc) is 2.35. The highest BCUT2D eigenvalue weighted by Crippen LogP contribution is 2.27. The van der Waals surface area contributed by atoms with Crippen LogP contribution in [0.15, 0.2) is 0 Å². The van der Waals surface area contributed by atoms with E-state index in [-0.39, 0.29) is 0 Å². The molecule has 0 aliphatic carbocycles. The van der Waals surface area contributed by atoms with E-state index in [4.69, 9.17) is 0 Å². The lowest BCUT2D eigenvalue weighted by Gasteiger charge is -2.38. The molecule has 1 N–H and O–H groups in total. The van der Waals surface area contributed by atoms with Gasteiger partial charge < -0.3 is 10.2 Å². The highest BCUT2D eigenvalue weighted by atomic mass is 32.2. The van der Waals surface area contributed by atoms with Crippen LogP contribution in [0.4, 0.5) is 0 Å². The Balaban J connectivity index is 4.32. The highest BCUT2D eigenvalue weighted by Gasteiger charge is 2.28. The second-order valence-corrected chi connectivity index (χ2v) is 6.27. The summed E-state index contributed by atoms with van der Waals surface area (Å²) in [6.07, 6.45) is 5.99. The number of hydrogen-bond donors (Lipinski definition) is 1. The van der Waals surface area contributed by atoms with Crippen molar-refractivity contribution in [2.24, 2.45) is 5.41 Å². The summed E-state index contributed by atoms with van der Waals surface area (Å²) >= 11 is 1.95. The molecule has 2 nitrogen and oxygen atoms in total. The summed E-state index contributed by atoms with van der Waals surface area (Å²) in [5.74, 6) is 1.27. The van der Waals surface area contributed by atoms with Crippen molar-refractivity contribution < 1.29 is 0 Å². The van der Waals surface area contributed by atoms with E-state index in [2.05, 4.69) is 51.3 Å². The second-order valence-electron chi connectivity index (χ2n) is 5.28. The van der Waals surface area contributed by atoms with Crippen LogP contribution in [-0.4, -0.2) is 50.1 Å². The maximum absolute atomic E-state index is 3.37. The first-order chi connectivity index (χ1) is 8.05. The maximum atomic E-state index is 3.37. The van der Waals surface area contributed by atoms with Gasteiger partial charge in [0.25, 0.3) is 0 Å². The van der Waals surface area contributed by atoms with Crippen molar-refractivity contribution in [1.82, 2.24) is 10.2 Å². The molecule has 0 radical (unpaired) electrons. The van der Waals surface area contributed by atoms with Crippen molar-refractivity contribution in [2.75, 3.05) is 39.2 Å². The Labute approximate surface area is 113 Å². The van der Waals surface area contributed by atoms with Crippen LogP contribution in [0.1, 0.15) is 40.0 Å². The Kier molecular flexibility index (Phi) is 9.38. The van der Waals surface area contributed by atoms with E-state index in [1.807, 2.05) is 11.8 Å². The third-order valence-electron chi connectivity index (χ3n) is 4.13. The summed E-state index contributed by atoms with van der Waals surface area (Å²) in [5.41, 5.74) is 0.442. The fourth-order valence-electron chi connectivity index (χ4n) is 2.35. The zero-order valence-corrected chi connectivity index (χ0v) is 13.5. The zero-order chi connectivity index (χ0) is 13.3. The largest absolute Gasteiger partial charge is 0.319 e. The van der Waals surface area contributed by atoms with Gasteiger partial charge in [-0.1, -0.05) is 13.8 Å². The van der Waals surface area contributed by atoms with E-state index >= 15 is 0 Å². The van der Waals surface area contributed by atoms with Crippen LogP contribution in [0.5, 0.6) is 0 Å². The summed E-state index contributed by atoms with van der Waals surface area (Å²) in [7, 11) is 4.35. The van der Waals surface area contributed by atoms with Crippen LogP contribution >= 0.6 is 11.8 Å². The molecule has 17 heavy (non-hydrogen) atoms. The lowest BCUT2D eigenvalue weighted by molar-refractivity contribution is 0.128. The molecule has 0 aromatic carbocycles. The summed E-state index contributed by atoms with van der Waals surface area (Å²) < 4.78 is 0. The molecule has 0 aromatic rings. The molecule has 0 aromatic heterocycles. The van der Waals surface area contributed by atoms with E-state index in [0.717, 1.165) is 6.54 Å². The molecule has 3 heteroatoms. The van der Waals surface area contributed by atoms with E-state index in [1.165, 1.54) is 31.6 Å². The van der Waals surface area contributed by atoms with Crippen LogP contribution < -0.4 is 5.32 Å². The minimum absolute atomic E-state index is 0.442. The first-order valence-corrected chi connectivity index (χ1v) is 8.28. The second kappa shape index (κ2) is 9.23. The van der Waals surface area contributed by atoms with Gasteiger partial charge in [-0.15, -0.1) is 0 Å². The Morgan fingerprint density at radius 1 is 1.29 bits per heavy atom. The molecule has 0 aliphatic rings. The van der Waals surface area contributed by atoms with Crippen LogP contribution in [-0.2, 0) is 0 Å². The van der Waals surface area contributed by atoms with Gasteiger partial charge in [0.15, 0.2) is 0 Å². The van der Waals surface area contributed by atoms with E-state index in [9.17, 15) is 0 Å². The molecule has 0 aliphatic heterocycles. The minimum atomic E-state index is 0.442. The van der Waals surface area contributed by atoms with Crippen LogP contribution in [0, 0.1) is 5.41 Å². The molecular weight excluding hydrogens is 228 g/mol. The molecule has 0 spiro atoms. The van der Waals surface area contributed by atoms with Crippen LogP contribution in [0.3, 0.4) is 0 Å². The average molecular weight is 260 g/mol. The molecule has 0 rings (SSSR count). The Morgan fingerprint density at radius 3 is 2.29 bits per heavy atom. The Bertz CT molecular complexity index is 181. The van der Waals surface area contributed by atoms with Crippen molar-refractivity contribution in [3.8, 4) is 0 Å². The first kappa shape index (κ1) is 17.3. The molecular formula is C14H32N2S. The summed E-state index contributed by atoms with van der Waals surface area (Å²) in [5, 5.41) is 3.37. The number of nitrogens with zero attached hydrogens (tertiary/aromatic N) is 1. The summed E-state index contributed by atoms with van der Waals surface area (Å²) in [4.78, 5) is 2.54. The van der Waals surface area contributed by atoms with Gasteiger partial charge in [-0.25, -0.2) is 0 Å². The Morgan fingerprint density at radius 2 is 1.88 bits per heavy atom. The van der Waals surface area contributed by atoms with Crippen molar-refractivity contribution in [3.63, 3.8) is 0 Å². The van der Waals surface area contributed by atoms with Gasteiger partial charge in [-0.05, 0) is 57.7 Å². The highest BCUT2D eigenvalue weighted by molar-refractivity contribution is 7.98. The van der Waals surface area contributed by atoms with E-state index in [0.29, 0.717) is 11.5 Å². The van der Waals surface area contributed by atoms with E-state index in [1.54, 1.807) is 0 Å². The lowest BCUT2D eigenvalue weighted by atomic mass is 9.81. The molecule has 0 bridgehead atoms. The molecule has 0 saturated carbocycles. The van der Waals surface area contributed by atoms with Gasteiger partial charge in [-0.2, -0.15) is 11.8 Å². The quantitative estimate of drug-likeness (QED) is 0.650. The normalized spacial score (nSPS) is 14.3. The number of rotatable bonds is 10. The van der Waals surface area contributed by atoms with Crippen molar-refractivity contribution in [3.05, 3.63) is 0 Å². The molecule has 1 unspecified atom stereocenters. The zero-order valence-electron chi connectivity index (χ0n) is 12.7. The molecule has 0 amide bonds.